The van der Waals surface area contributed by atoms with Crippen LogP contribution in [-0.2, 0) is 11.3 Å². The van der Waals surface area contributed by atoms with Crippen LogP contribution < -0.4 is 15.0 Å². The topological polar surface area (TPSA) is 66.6 Å². The highest BCUT2D eigenvalue weighted by atomic mass is 35.5. The van der Waals surface area contributed by atoms with E-state index in [-0.39, 0.29) is 12.5 Å². The van der Waals surface area contributed by atoms with Crippen LogP contribution in [0.1, 0.15) is 11.1 Å². The quantitative estimate of drug-likeness (QED) is 0.840. The summed E-state index contributed by atoms with van der Waals surface area (Å²) in [7, 11) is 3.44. The Bertz CT molecular complexity index is 771. The van der Waals surface area contributed by atoms with Crippen molar-refractivity contribution in [2.45, 2.75) is 6.54 Å². The van der Waals surface area contributed by atoms with Gasteiger partial charge in [-0.1, -0.05) is 29.8 Å². The summed E-state index contributed by atoms with van der Waals surface area (Å²) >= 11 is 5.96. The number of amides is 1. The molecule has 2 N–H and O–H groups in total. The Morgan fingerprint density at radius 1 is 1.33 bits per heavy atom. The minimum Gasteiger partial charge on any atom is -0.495 e. The second kappa shape index (κ2) is 8.34. The zero-order valence-electron chi connectivity index (χ0n) is 13.6. The van der Waals surface area contributed by atoms with E-state index in [2.05, 4.69) is 11.4 Å². The molecular formula is C18H19ClN3O2+. The molecule has 1 amide bonds. The van der Waals surface area contributed by atoms with Crippen LogP contribution in [0, 0.1) is 11.3 Å². The number of benzene rings is 2. The fourth-order valence-electron chi connectivity index (χ4n) is 2.42. The molecule has 24 heavy (non-hydrogen) atoms. The van der Waals surface area contributed by atoms with Crippen LogP contribution in [0.5, 0.6) is 5.75 Å². The highest BCUT2D eigenvalue weighted by molar-refractivity contribution is 6.31. The Hall–Kier alpha value is -2.55. The molecule has 0 spiro atoms. The minimum absolute atomic E-state index is 0.150. The van der Waals surface area contributed by atoms with Gasteiger partial charge in [-0.25, -0.2) is 0 Å². The maximum absolute atomic E-state index is 12.3. The number of hydrogen-bond donors (Lipinski definition) is 2. The number of hydrogen-bond acceptors (Lipinski definition) is 3. The first-order chi connectivity index (χ1) is 11.5. The monoisotopic (exact) mass is 344 g/mol. The third-order valence-corrected chi connectivity index (χ3v) is 3.76. The van der Waals surface area contributed by atoms with Crippen LogP contribution in [-0.4, -0.2) is 26.6 Å². The number of halogens is 1. The van der Waals surface area contributed by atoms with E-state index < -0.39 is 0 Å². The van der Waals surface area contributed by atoms with Gasteiger partial charge in [0.25, 0.3) is 5.91 Å². The molecule has 0 fully saturated rings. The molecule has 0 saturated heterocycles. The number of carbonyl (C=O) groups excluding carboxylic acids is 1. The molecule has 0 saturated carbocycles. The zero-order chi connectivity index (χ0) is 17.5. The van der Waals surface area contributed by atoms with Gasteiger partial charge in [0.15, 0.2) is 6.54 Å². The van der Waals surface area contributed by atoms with E-state index in [0.717, 1.165) is 10.5 Å². The normalized spacial score (nSPS) is 11.4. The lowest BCUT2D eigenvalue weighted by Crippen LogP contribution is -3.08. The number of methoxy groups -OCH3 is 1. The lowest BCUT2D eigenvalue weighted by molar-refractivity contribution is -0.885. The third-order valence-electron chi connectivity index (χ3n) is 3.53. The number of ether oxygens (including phenoxy) is 1. The largest absolute Gasteiger partial charge is 0.495 e. The molecule has 0 bridgehead atoms. The molecule has 0 aliphatic heterocycles. The number of anilines is 1. The summed E-state index contributed by atoms with van der Waals surface area (Å²) in [5, 5.41) is 12.5. The Labute approximate surface area is 146 Å². The molecule has 0 heterocycles. The van der Waals surface area contributed by atoms with Crippen molar-refractivity contribution in [3.63, 3.8) is 0 Å². The van der Waals surface area contributed by atoms with Gasteiger partial charge in [0.05, 0.1) is 31.5 Å². The highest BCUT2D eigenvalue weighted by Gasteiger charge is 2.14. The van der Waals surface area contributed by atoms with E-state index in [0.29, 0.717) is 28.6 Å². The second-order valence-electron chi connectivity index (χ2n) is 5.47. The van der Waals surface area contributed by atoms with Gasteiger partial charge in [-0.15, -0.1) is 0 Å². The van der Waals surface area contributed by atoms with E-state index in [1.54, 1.807) is 24.3 Å². The molecule has 2 rings (SSSR count). The summed E-state index contributed by atoms with van der Waals surface area (Å²) in [5.74, 6) is 0.405. The van der Waals surface area contributed by atoms with Crippen LogP contribution >= 0.6 is 11.6 Å². The number of nitrogens with zero attached hydrogens (tertiary/aromatic N) is 1. The molecule has 2 aromatic rings. The lowest BCUT2D eigenvalue weighted by Gasteiger charge is -2.15. The first kappa shape index (κ1) is 17.8. The first-order valence-corrected chi connectivity index (χ1v) is 7.84. The predicted molar refractivity (Wildman–Crippen MR) is 93.2 cm³/mol. The second-order valence-corrected chi connectivity index (χ2v) is 5.91. The summed E-state index contributed by atoms with van der Waals surface area (Å²) < 4.78 is 5.22. The Kier molecular flexibility index (Phi) is 6.19. The number of carbonyl (C=O) groups is 1. The van der Waals surface area contributed by atoms with Crippen molar-refractivity contribution in [2.24, 2.45) is 0 Å². The van der Waals surface area contributed by atoms with E-state index in [9.17, 15) is 4.79 Å². The average Bonchev–Trinajstić information content (AvgIpc) is 2.55. The molecule has 1 unspecified atom stereocenters. The molecule has 6 heteroatoms. The Morgan fingerprint density at radius 3 is 2.79 bits per heavy atom. The van der Waals surface area contributed by atoms with Gasteiger partial charge in [0, 0.05) is 10.6 Å². The molecule has 1 atom stereocenters. The van der Waals surface area contributed by atoms with Crippen LogP contribution in [0.25, 0.3) is 0 Å². The van der Waals surface area contributed by atoms with Crippen molar-refractivity contribution in [2.75, 3.05) is 26.0 Å². The number of nitriles is 1. The van der Waals surface area contributed by atoms with Crippen LogP contribution in [0.3, 0.4) is 0 Å². The molecule has 124 valence electrons. The SMILES string of the molecule is COc1ccc(Cl)cc1NC(=O)C[NH+](C)Cc1ccccc1C#N. The summed E-state index contributed by atoms with van der Waals surface area (Å²) in [6.45, 7) is 0.846. The van der Waals surface area contributed by atoms with Crippen molar-refractivity contribution < 1.29 is 14.4 Å². The molecule has 0 aromatic heterocycles. The van der Waals surface area contributed by atoms with Crippen molar-refractivity contribution in [1.82, 2.24) is 0 Å². The third kappa shape index (κ3) is 4.72. The number of nitrogens with one attached hydrogen (secondary N) is 2. The van der Waals surface area contributed by atoms with Crippen LogP contribution in [0.15, 0.2) is 42.5 Å². The van der Waals surface area contributed by atoms with E-state index in [1.165, 1.54) is 7.11 Å². The van der Waals surface area contributed by atoms with Gasteiger partial charge in [-0.05, 0) is 24.3 Å². The Balaban J connectivity index is 2.00. The zero-order valence-corrected chi connectivity index (χ0v) is 14.4. The fraction of sp³-hybridized carbons (Fsp3) is 0.222. The predicted octanol–water partition coefficient (Wildman–Crippen LogP) is 1.87. The average molecular weight is 345 g/mol. The van der Waals surface area contributed by atoms with Gasteiger partial charge < -0.3 is 15.0 Å². The smallest absolute Gasteiger partial charge is 0.279 e. The molecule has 0 aliphatic rings. The van der Waals surface area contributed by atoms with Gasteiger partial charge in [-0.3, -0.25) is 4.79 Å². The van der Waals surface area contributed by atoms with E-state index >= 15 is 0 Å². The molecule has 2 aromatic carbocycles. The van der Waals surface area contributed by atoms with Crippen molar-refractivity contribution in [3.05, 3.63) is 58.6 Å². The maximum atomic E-state index is 12.3. The van der Waals surface area contributed by atoms with Crippen molar-refractivity contribution >= 4 is 23.2 Å². The van der Waals surface area contributed by atoms with Gasteiger partial charge in [0.1, 0.15) is 12.3 Å². The van der Waals surface area contributed by atoms with E-state index in [4.69, 9.17) is 21.6 Å². The number of likely N-dealkylation sites (N-methyl/N-ethyl adjacent to an activating group) is 1. The summed E-state index contributed by atoms with van der Waals surface area (Å²) in [4.78, 5) is 13.2. The minimum atomic E-state index is -0.150. The molecule has 5 nitrogen and oxygen atoms in total. The standard InChI is InChI=1S/C18H18ClN3O2/c1-22(11-14-6-4-3-5-13(14)10-20)12-18(23)21-16-9-15(19)7-8-17(16)24-2/h3-9H,11-12H2,1-2H3,(H,21,23)/p+1. The van der Waals surface area contributed by atoms with Crippen molar-refractivity contribution in [3.8, 4) is 11.8 Å². The summed E-state index contributed by atoms with van der Waals surface area (Å²) in [5.41, 5.74) is 2.10. The maximum Gasteiger partial charge on any atom is 0.279 e. The molecule has 0 radical (unpaired) electrons. The molecular weight excluding hydrogens is 326 g/mol. The van der Waals surface area contributed by atoms with Gasteiger partial charge >= 0.3 is 0 Å². The van der Waals surface area contributed by atoms with Gasteiger partial charge in [-0.2, -0.15) is 5.26 Å². The lowest BCUT2D eigenvalue weighted by atomic mass is 10.1. The van der Waals surface area contributed by atoms with Crippen LogP contribution in [0.2, 0.25) is 5.02 Å². The van der Waals surface area contributed by atoms with E-state index in [1.807, 2.05) is 25.2 Å². The summed E-state index contributed by atoms with van der Waals surface area (Å²) in [6, 6.07) is 14.6. The number of rotatable bonds is 6. The molecule has 0 aliphatic carbocycles. The van der Waals surface area contributed by atoms with Gasteiger partial charge in [0.2, 0.25) is 0 Å². The Morgan fingerprint density at radius 2 is 2.08 bits per heavy atom. The first-order valence-electron chi connectivity index (χ1n) is 7.46. The summed E-state index contributed by atoms with van der Waals surface area (Å²) in [6.07, 6.45) is 0. The fourth-order valence-corrected chi connectivity index (χ4v) is 2.59. The van der Waals surface area contributed by atoms with Crippen LogP contribution in [0.4, 0.5) is 5.69 Å². The highest BCUT2D eigenvalue weighted by Crippen LogP contribution is 2.27. The van der Waals surface area contributed by atoms with Crippen molar-refractivity contribution in [1.29, 1.82) is 5.26 Å². The number of quaternary nitrogens is 1.